The molecule has 31 heavy (non-hydrogen) atoms. The summed E-state index contributed by atoms with van der Waals surface area (Å²) in [6.07, 6.45) is -1.89. The van der Waals surface area contributed by atoms with Crippen molar-refractivity contribution in [1.82, 2.24) is 19.5 Å². The van der Waals surface area contributed by atoms with Crippen LogP contribution < -0.4 is 5.32 Å². The van der Waals surface area contributed by atoms with Crippen LogP contribution in [0, 0.1) is 0 Å². The van der Waals surface area contributed by atoms with Gasteiger partial charge in [-0.25, -0.2) is 15.0 Å². The Morgan fingerprint density at radius 1 is 1.16 bits per heavy atom. The van der Waals surface area contributed by atoms with Crippen LogP contribution >= 0.6 is 11.8 Å². The number of ether oxygens (including phenoxy) is 1. The Morgan fingerprint density at radius 3 is 2.68 bits per heavy atom. The molecular formula is C18H18F3N5O4S. The fourth-order valence-electron chi connectivity index (χ4n) is 3.32. The lowest BCUT2D eigenvalue weighted by molar-refractivity contribution is -0.0511. The monoisotopic (exact) mass is 457 g/mol. The highest BCUT2D eigenvalue weighted by Gasteiger charge is 2.44. The second kappa shape index (κ2) is 8.59. The third kappa shape index (κ3) is 4.60. The van der Waals surface area contributed by atoms with Crippen molar-refractivity contribution in [3.63, 3.8) is 0 Å². The molecule has 1 saturated heterocycles. The number of hydrogen-bond acceptors (Lipinski definition) is 9. The van der Waals surface area contributed by atoms with Crippen molar-refractivity contribution in [1.29, 1.82) is 0 Å². The lowest BCUT2D eigenvalue weighted by Gasteiger charge is -2.16. The van der Waals surface area contributed by atoms with Crippen LogP contribution in [-0.4, -0.2) is 65.3 Å². The summed E-state index contributed by atoms with van der Waals surface area (Å²) in [5, 5.41) is 32.5. The number of nitrogens with one attached hydrogen (secondary N) is 1. The molecule has 1 unspecified atom stereocenters. The number of imidazole rings is 1. The molecule has 1 aliphatic rings. The van der Waals surface area contributed by atoms with E-state index in [1.807, 2.05) is 0 Å². The number of alkyl halides is 3. The Bertz CT molecular complexity index is 1070. The summed E-state index contributed by atoms with van der Waals surface area (Å²) in [6.45, 7) is -0.270. The first-order valence-electron chi connectivity index (χ1n) is 9.15. The predicted molar refractivity (Wildman–Crippen MR) is 104 cm³/mol. The molecule has 3 aromatic rings. The van der Waals surface area contributed by atoms with Crippen molar-refractivity contribution in [2.24, 2.45) is 0 Å². The molecule has 0 bridgehead atoms. The summed E-state index contributed by atoms with van der Waals surface area (Å²) in [4.78, 5) is 12.6. The molecule has 0 radical (unpaired) electrons. The topological polar surface area (TPSA) is 126 Å². The predicted octanol–water partition coefficient (Wildman–Crippen LogP) is 1.66. The van der Waals surface area contributed by atoms with Gasteiger partial charge in [0.05, 0.1) is 12.9 Å². The number of halogens is 3. The number of aromatic nitrogens is 4. The normalized spacial score (nSPS) is 24.1. The van der Waals surface area contributed by atoms with E-state index in [-0.39, 0.29) is 23.2 Å². The van der Waals surface area contributed by atoms with E-state index >= 15 is 0 Å². The standard InChI is InChI=1S/C18H18F3N5O4S/c19-18(20,21)31-10-3-1-2-9(4-10)5-22-15-12-16(24-7-23-15)26(8-25-12)17-14(29)13(28)11(6-27)30-17/h1-4,7-8,11,13-14,17,27-29H,5-6H2,(H,22,23,24)/t11-,13-,14+,17?/m1/s1. The first-order valence-corrected chi connectivity index (χ1v) is 9.97. The van der Waals surface area contributed by atoms with Gasteiger partial charge in [0.1, 0.15) is 24.6 Å². The van der Waals surface area contributed by atoms with Gasteiger partial charge in [-0.2, -0.15) is 13.2 Å². The van der Waals surface area contributed by atoms with Crippen molar-refractivity contribution in [3.8, 4) is 0 Å². The summed E-state index contributed by atoms with van der Waals surface area (Å²) in [5.74, 6) is 0.337. The number of hydrogen-bond donors (Lipinski definition) is 4. The van der Waals surface area contributed by atoms with E-state index < -0.39 is 36.7 Å². The van der Waals surface area contributed by atoms with Gasteiger partial charge in [-0.05, 0) is 29.5 Å². The van der Waals surface area contributed by atoms with Gasteiger partial charge in [0.2, 0.25) is 0 Å². The Labute approximate surface area is 177 Å². The number of aliphatic hydroxyl groups is 3. The number of fused-ring (bicyclic) bond motifs is 1. The van der Waals surface area contributed by atoms with E-state index in [1.54, 1.807) is 6.07 Å². The summed E-state index contributed by atoms with van der Waals surface area (Å²) >= 11 is -0.186. The summed E-state index contributed by atoms with van der Waals surface area (Å²) in [7, 11) is 0. The molecule has 3 heterocycles. The van der Waals surface area contributed by atoms with Gasteiger partial charge in [0.15, 0.2) is 23.2 Å². The van der Waals surface area contributed by atoms with Crippen molar-refractivity contribution in [2.45, 2.75) is 41.5 Å². The van der Waals surface area contributed by atoms with Crippen molar-refractivity contribution in [2.75, 3.05) is 11.9 Å². The summed E-state index contributed by atoms with van der Waals surface area (Å²) in [5.41, 5.74) is -3.09. The van der Waals surface area contributed by atoms with Gasteiger partial charge in [-0.3, -0.25) is 4.57 Å². The van der Waals surface area contributed by atoms with E-state index in [0.717, 1.165) is 0 Å². The third-order valence-electron chi connectivity index (χ3n) is 4.74. The van der Waals surface area contributed by atoms with Gasteiger partial charge in [-0.1, -0.05) is 12.1 Å². The number of benzene rings is 1. The molecule has 1 aromatic carbocycles. The van der Waals surface area contributed by atoms with Crippen molar-refractivity contribution < 1.29 is 33.2 Å². The molecule has 4 N–H and O–H groups in total. The van der Waals surface area contributed by atoms with Gasteiger partial charge < -0.3 is 25.4 Å². The van der Waals surface area contributed by atoms with Crippen LogP contribution in [0.2, 0.25) is 0 Å². The SMILES string of the molecule is OC[C@H]1OC(n2cnc3c(NCc4cccc(SC(F)(F)F)c4)ncnc32)[C@@H](O)[C@@H]1O. The smallest absolute Gasteiger partial charge is 0.394 e. The Hall–Kier alpha value is -2.45. The van der Waals surface area contributed by atoms with Crippen LogP contribution in [-0.2, 0) is 11.3 Å². The molecule has 1 fully saturated rings. The quantitative estimate of drug-likeness (QED) is 0.409. The molecule has 4 rings (SSSR count). The number of nitrogens with zero attached hydrogens (tertiary/aromatic N) is 4. The van der Waals surface area contributed by atoms with Gasteiger partial charge in [0, 0.05) is 11.4 Å². The molecule has 4 atom stereocenters. The van der Waals surface area contributed by atoms with Crippen molar-refractivity contribution >= 4 is 28.7 Å². The zero-order valence-corrected chi connectivity index (χ0v) is 16.6. The van der Waals surface area contributed by atoms with Gasteiger partial charge in [0.25, 0.3) is 0 Å². The highest BCUT2D eigenvalue weighted by molar-refractivity contribution is 8.00. The fraction of sp³-hybridized carbons (Fsp3) is 0.389. The number of rotatable bonds is 6. The first kappa shape index (κ1) is 21.8. The molecular weight excluding hydrogens is 439 g/mol. The minimum atomic E-state index is -4.37. The molecule has 9 nitrogen and oxygen atoms in total. The van der Waals surface area contributed by atoms with Crippen LogP contribution in [0.4, 0.5) is 19.0 Å². The minimum Gasteiger partial charge on any atom is -0.394 e. The van der Waals surface area contributed by atoms with Crippen LogP contribution in [0.25, 0.3) is 11.2 Å². The number of aliphatic hydroxyl groups excluding tert-OH is 3. The van der Waals surface area contributed by atoms with Gasteiger partial charge in [-0.15, -0.1) is 0 Å². The summed E-state index contributed by atoms with van der Waals surface area (Å²) in [6, 6.07) is 6.04. The number of thioether (sulfide) groups is 1. The van der Waals surface area contributed by atoms with E-state index in [2.05, 4.69) is 20.3 Å². The highest BCUT2D eigenvalue weighted by Crippen LogP contribution is 2.37. The second-order valence-corrected chi connectivity index (χ2v) is 7.96. The lowest BCUT2D eigenvalue weighted by Crippen LogP contribution is -2.33. The molecule has 0 amide bonds. The average molecular weight is 457 g/mol. The largest absolute Gasteiger partial charge is 0.446 e. The van der Waals surface area contributed by atoms with E-state index in [9.17, 15) is 28.5 Å². The third-order valence-corrected chi connectivity index (χ3v) is 5.46. The highest BCUT2D eigenvalue weighted by atomic mass is 32.2. The average Bonchev–Trinajstić information content (AvgIpc) is 3.27. The molecule has 0 aliphatic carbocycles. The fourth-order valence-corrected chi connectivity index (χ4v) is 3.94. The molecule has 1 aliphatic heterocycles. The molecule has 166 valence electrons. The molecule has 0 spiro atoms. The molecule has 2 aromatic heterocycles. The van der Waals surface area contributed by atoms with Crippen LogP contribution in [0.3, 0.4) is 0 Å². The Kier molecular flexibility index (Phi) is 6.03. The maximum absolute atomic E-state index is 12.6. The van der Waals surface area contributed by atoms with Gasteiger partial charge >= 0.3 is 5.51 Å². The van der Waals surface area contributed by atoms with Crippen LogP contribution in [0.5, 0.6) is 0 Å². The van der Waals surface area contributed by atoms with E-state index in [4.69, 9.17) is 4.74 Å². The summed E-state index contributed by atoms with van der Waals surface area (Å²) < 4.78 is 44.7. The molecule has 0 saturated carbocycles. The Balaban J connectivity index is 1.54. The zero-order chi connectivity index (χ0) is 22.2. The minimum absolute atomic E-state index is 0.0771. The number of anilines is 1. The maximum Gasteiger partial charge on any atom is 0.446 e. The molecule has 13 heteroatoms. The maximum atomic E-state index is 12.6. The Morgan fingerprint density at radius 2 is 1.97 bits per heavy atom. The van der Waals surface area contributed by atoms with E-state index in [0.29, 0.717) is 22.5 Å². The first-order chi connectivity index (χ1) is 14.8. The van der Waals surface area contributed by atoms with E-state index in [1.165, 1.54) is 35.4 Å². The lowest BCUT2D eigenvalue weighted by atomic mass is 10.1. The van der Waals surface area contributed by atoms with Crippen molar-refractivity contribution in [3.05, 3.63) is 42.5 Å². The zero-order valence-electron chi connectivity index (χ0n) is 15.8. The van der Waals surface area contributed by atoms with Crippen LogP contribution in [0.15, 0.2) is 41.8 Å². The van der Waals surface area contributed by atoms with Crippen LogP contribution in [0.1, 0.15) is 11.8 Å². The second-order valence-electron chi connectivity index (χ2n) is 6.82.